The Bertz CT molecular complexity index is 396. The molecule has 0 saturated carbocycles. The number of nitrogens with two attached hydrogens (primary N) is 1. The van der Waals surface area contributed by atoms with Crippen molar-refractivity contribution in [3.8, 4) is 5.75 Å². The van der Waals surface area contributed by atoms with Crippen LogP contribution in [0.2, 0.25) is 5.02 Å². The van der Waals surface area contributed by atoms with Crippen molar-refractivity contribution in [3.63, 3.8) is 0 Å². The summed E-state index contributed by atoms with van der Waals surface area (Å²) in [6.45, 7) is 4.65. The maximum Gasteiger partial charge on any atom is 0.154 e. The molecule has 0 aliphatic carbocycles. The first-order valence-electron chi connectivity index (χ1n) is 5.15. The van der Waals surface area contributed by atoms with E-state index in [9.17, 15) is 0 Å². The quantitative estimate of drug-likeness (QED) is 0.374. The van der Waals surface area contributed by atoms with Gasteiger partial charge in [0.25, 0.3) is 0 Å². The molecule has 0 amide bonds. The van der Waals surface area contributed by atoms with E-state index >= 15 is 0 Å². The molecule has 0 spiro atoms. The molecule has 0 aliphatic heterocycles. The van der Waals surface area contributed by atoms with Gasteiger partial charge in [0.05, 0.1) is 18.2 Å². The predicted molar refractivity (Wildman–Crippen MR) is 76.1 cm³/mol. The molecule has 0 fully saturated rings. The number of thioether (sulfide) groups is 1. The molecule has 0 saturated heterocycles. The molecule has 0 aromatic heterocycles. The van der Waals surface area contributed by atoms with Crippen molar-refractivity contribution in [3.05, 3.63) is 41.9 Å². The number of para-hydroxylation sites is 1. The Morgan fingerprint density at radius 2 is 2.29 bits per heavy atom. The van der Waals surface area contributed by atoms with Crippen molar-refractivity contribution in [2.24, 2.45) is 10.7 Å². The average Bonchev–Trinajstić information content (AvgIpc) is 2.34. The van der Waals surface area contributed by atoms with Crippen LogP contribution in [0.5, 0.6) is 5.75 Å². The number of hydrogen-bond acceptors (Lipinski definition) is 3. The van der Waals surface area contributed by atoms with Gasteiger partial charge in [-0.2, -0.15) is 0 Å². The van der Waals surface area contributed by atoms with Crippen LogP contribution in [-0.2, 0) is 0 Å². The van der Waals surface area contributed by atoms with Gasteiger partial charge in [-0.3, -0.25) is 4.99 Å². The minimum absolute atomic E-state index is 0.540. The molecule has 1 aromatic rings. The van der Waals surface area contributed by atoms with Crippen LogP contribution in [0.25, 0.3) is 0 Å². The topological polar surface area (TPSA) is 47.6 Å². The highest BCUT2D eigenvalue weighted by Crippen LogP contribution is 2.23. The fraction of sp³-hybridized carbons (Fsp3) is 0.250. The van der Waals surface area contributed by atoms with E-state index in [1.165, 1.54) is 11.8 Å². The van der Waals surface area contributed by atoms with E-state index in [1.54, 1.807) is 12.1 Å². The van der Waals surface area contributed by atoms with E-state index in [4.69, 9.17) is 22.1 Å². The molecule has 3 nitrogen and oxygen atoms in total. The number of nitrogens with zero attached hydrogens (tertiary/aromatic N) is 1. The molecule has 2 N–H and O–H groups in total. The van der Waals surface area contributed by atoms with E-state index in [-0.39, 0.29) is 0 Å². The molecule has 5 heteroatoms. The third-order valence-electron chi connectivity index (χ3n) is 1.80. The van der Waals surface area contributed by atoms with Crippen LogP contribution in [0.4, 0.5) is 0 Å². The Morgan fingerprint density at radius 3 is 3.00 bits per heavy atom. The number of benzene rings is 1. The number of halogens is 1. The summed E-state index contributed by atoms with van der Waals surface area (Å²) in [5.41, 5.74) is 5.65. The Labute approximate surface area is 111 Å². The first kappa shape index (κ1) is 13.9. The second-order valence-electron chi connectivity index (χ2n) is 3.09. The maximum absolute atomic E-state index is 5.94. The molecule has 1 rings (SSSR count). The smallest absolute Gasteiger partial charge is 0.154 e. The Balaban J connectivity index is 2.25. The monoisotopic (exact) mass is 270 g/mol. The van der Waals surface area contributed by atoms with Crippen molar-refractivity contribution in [1.29, 1.82) is 0 Å². The zero-order valence-corrected chi connectivity index (χ0v) is 11.0. The van der Waals surface area contributed by atoms with Gasteiger partial charge in [0.1, 0.15) is 5.75 Å². The highest BCUT2D eigenvalue weighted by molar-refractivity contribution is 8.13. The van der Waals surface area contributed by atoms with E-state index in [2.05, 4.69) is 11.6 Å². The Morgan fingerprint density at radius 1 is 1.53 bits per heavy atom. The first-order chi connectivity index (χ1) is 8.24. The van der Waals surface area contributed by atoms with Gasteiger partial charge in [-0.1, -0.05) is 41.6 Å². The van der Waals surface area contributed by atoms with Crippen molar-refractivity contribution < 1.29 is 4.74 Å². The summed E-state index contributed by atoms with van der Waals surface area (Å²) in [6.07, 6.45) is 1.70. The third-order valence-corrected chi connectivity index (χ3v) is 2.91. The third kappa shape index (κ3) is 5.65. The largest absolute Gasteiger partial charge is 0.491 e. The van der Waals surface area contributed by atoms with Crippen LogP contribution in [0.15, 0.2) is 41.9 Å². The first-order valence-corrected chi connectivity index (χ1v) is 6.51. The van der Waals surface area contributed by atoms with Crippen molar-refractivity contribution in [1.82, 2.24) is 0 Å². The molecular weight excluding hydrogens is 256 g/mol. The summed E-state index contributed by atoms with van der Waals surface area (Å²) in [7, 11) is 0. The molecule has 0 unspecified atom stereocenters. The van der Waals surface area contributed by atoms with E-state index in [0.29, 0.717) is 29.1 Å². The molecule has 0 atom stereocenters. The summed E-state index contributed by atoms with van der Waals surface area (Å²) in [5.74, 6) is 1.42. The Hall–Kier alpha value is -1.13. The summed E-state index contributed by atoms with van der Waals surface area (Å²) in [6, 6.07) is 7.38. The highest BCUT2D eigenvalue weighted by atomic mass is 35.5. The van der Waals surface area contributed by atoms with Gasteiger partial charge in [-0.15, -0.1) is 6.58 Å². The molecule has 0 radical (unpaired) electrons. The second kappa shape index (κ2) is 8.03. The predicted octanol–water partition coefficient (Wildman–Crippen LogP) is 2.95. The van der Waals surface area contributed by atoms with Crippen LogP contribution in [0.3, 0.4) is 0 Å². The van der Waals surface area contributed by atoms with E-state index in [1.807, 2.05) is 18.2 Å². The van der Waals surface area contributed by atoms with Crippen LogP contribution in [0.1, 0.15) is 0 Å². The molecule has 1 aromatic carbocycles. The molecule has 0 bridgehead atoms. The van der Waals surface area contributed by atoms with Gasteiger partial charge < -0.3 is 10.5 Å². The fourth-order valence-corrected chi connectivity index (χ4v) is 1.79. The molecule has 0 aliphatic rings. The van der Waals surface area contributed by atoms with Crippen molar-refractivity contribution >= 4 is 28.5 Å². The van der Waals surface area contributed by atoms with Gasteiger partial charge in [0, 0.05) is 5.75 Å². The van der Waals surface area contributed by atoms with Gasteiger partial charge in [0.2, 0.25) is 0 Å². The second-order valence-corrected chi connectivity index (χ2v) is 4.62. The number of amidine groups is 1. The molecule has 17 heavy (non-hydrogen) atoms. The molecular formula is C12H15ClN2OS. The standard InChI is InChI=1S/C12H15ClN2OS/c1-2-7-15-12(14)17-9-8-16-11-6-4-3-5-10(11)13/h2-6H,1,7-9H2,(H2,14,15). The number of aliphatic imine (C=N–C) groups is 1. The van der Waals surface area contributed by atoms with Crippen LogP contribution >= 0.6 is 23.4 Å². The number of ether oxygens (including phenoxy) is 1. The zero-order chi connectivity index (χ0) is 12.5. The summed E-state index contributed by atoms with van der Waals surface area (Å²) >= 11 is 7.40. The SMILES string of the molecule is C=CCN=C(N)SCCOc1ccccc1Cl. The van der Waals surface area contributed by atoms with Crippen LogP contribution in [0, 0.1) is 0 Å². The lowest BCUT2D eigenvalue weighted by Gasteiger charge is -2.06. The summed E-state index contributed by atoms with van der Waals surface area (Å²) in [4.78, 5) is 4.06. The summed E-state index contributed by atoms with van der Waals surface area (Å²) in [5, 5.41) is 1.17. The van der Waals surface area contributed by atoms with Gasteiger partial charge in [-0.05, 0) is 12.1 Å². The van der Waals surface area contributed by atoms with E-state index < -0.39 is 0 Å². The summed E-state index contributed by atoms with van der Waals surface area (Å²) < 4.78 is 5.51. The number of hydrogen-bond donors (Lipinski definition) is 1. The lowest BCUT2D eigenvalue weighted by atomic mass is 10.3. The number of rotatable bonds is 6. The van der Waals surface area contributed by atoms with Gasteiger partial charge in [-0.25, -0.2) is 0 Å². The fourth-order valence-electron chi connectivity index (χ4n) is 1.06. The highest BCUT2D eigenvalue weighted by Gasteiger charge is 1.99. The lowest BCUT2D eigenvalue weighted by molar-refractivity contribution is 0.344. The van der Waals surface area contributed by atoms with Crippen LogP contribution < -0.4 is 10.5 Å². The maximum atomic E-state index is 5.94. The lowest BCUT2D eigenvalue weighted by Crippen LogP contribution is -2.11. The van der Waals surface area contributed by atoms with Crippen LogP contribution in [-0.4, -0.2) is 24.1 Å². The average molecular weight is 271 g/mol. The van der Waals surface area contributed by atoms with E-state index in [0.717, 1.165) is 5.75 Å². The minimum atomic E-state index is 0.540. The van der Waals surface area contributed by atoms with Crippen molar-refractivity contribution in [2.75, 3.05) is 18.9 Å². The van der Waals surface area contributed by atoms with Gasteiger partial charge >= 0.3 is 0 Å². The van der Waals surface area contributed by atoms with Gasteiger partial charge in [0.15, 0.2) is 5.17 Å². The normalized spacial score (nSPS) is 11.2. The Kier molecular flexibility index (Phi) is 6.58. The minimum Gasteiger partial charge on any atom is -0.491 e. The zero-order valence-electron chi connectivity index (χ0n) is 9.43. The molecule has 0 heterocycles. The van der Waals surface area contributed by atoms with Crippen molar-refractivity contribution in [2.45, 2.75) is 0 Å². The molecule has 92 valence electrons.